The molecular formula is C13H11ClFN5O3S. The van der Waals surface area contributed by atoms with Crippen LogP contribution in [0, 0.1) is 5.82 Å². The summed E-state index contributed by atoms with van der Waals surface area (Å²) >= 11 is 5.93. The lowest BCUT2D eigenvalue weighted by Crippen LogP contribution is -2.16. The van der Waals surface area contributed by atoms with E-state index in [-0.39, 0.29) is 18.2 Å². The van der Waals surface area contributed by atoms with Gasteiger partial charge in [-0.3, -0.25) is 4.55 Å². The Morgan fingerprint density at radius 3 is 2.88 bits per heavy atom. The number of pyridine rings is 1. The zero-order chi connectivity index (χ0) is 17.3. The van der Waals surface area contributed by atoms with Crippen LogP contribution in [0.2, 0.25) is 5.02 Å². The molecule has 0 saturated heterocycles. The van der Waals surface area contributed by atoms with E-state index in [1.807, 2.05) is 0 Å². The van der Waals surface area contributed by atoms with Crippen molar-refractivity contribution in [2.75, 3.05) is 17.6 Å². The lowest BCUT2D eigenvalue weighted by molar-refractivity contribution is 0.484. The van der Waals surface area contributed by atoms with Crippen molar-refractivity contribution in [2.45, 2.75) is 0 Å². The van der Waals surface area contributed by atoms with E-state index < -0.39 is 21.7 Å². The van der Waals surface area contributed by atoms with Crippen molar-refractivity contribution in [2.24, 2.45) is 0 Å². The molecule has 0 aliphatic carbocycles. The van der Waals surface area contributed by atoms with Crippen molar-refractivity contribution in [3.63, 3.8) is 0 Å². The molecule has 3 rings (SSSR count). The SMILES string of the molecule is O=S(=O)(O)CCNc1nc(-c2c[nH]c3ncc(Cl)cc23)ncc1F. The summed E-state index contributed by atoms with van der Waals surface area (Å²) in [6.45, 7) is -0.201. The average molecular weight is 372 g/mol. The van der Waals surface area contributed by atoms with Crippen LogP contribution in [0.3, 0.4) is 0 Å². The highest BCUT2D eigenvalue weighted by Gasteiger charge is 2.14. The van der Waals surface area contributed by atoms with E-state index in [9.17, 15) is 12.8 Å². The molecular weight excluding hydrogens is 361 g/mol. The van der Waals surface area contributed by atoms with E-state index in [4.69, 9.17) is 16.2 Å². The number of fused-ring (bicyclic) bond motifs is 1. The van der Waals surface area contributed by atoms with Crippen molar-refractivity contribution >= 4 is 38.6 Å². The van der Waals surface area contributed by atoms with Gasteiger partial charge < -0.3 is 10.3 Å². The third-order valence-electron chi connectivity index (χ3n) is 3.14. The Kier molecular flexibility index (Phi) is 4.35. The fourth-order valence-electron chi connectivity index (χ4n) is 2.08. The van der Waals surface area contributed by atoms with Gasteiger partial charge in [0.25, 0.3) is 10.1 Å². The minimum atomic E-state index is -4.15. The third-order valence-corrected chi connectivity index (χ3v) is 4.06. The summed E-state index contributed by atoms with van der Waals surface area (Å²) in [4.78, 5) is 15.0. The van der Waals surface area contributed by atoms with E-state index in [1.54, 1.807) is 12.3 Å². The highest BCUT2D eigenvalue weighted by Crippen LogP contribution is 2.28. The topological polar surface area (TPSA) is 121 Å². The molecule has 0 aromatic carbocycles. The number of hydrogen-bond acceptors (Lipinski definition) is 6. The number of aromatic nitrogens is 4. The summed E-state index contributed by atoms with van der Waals surface area (Å²) in [7, 11) is -4.15. The fourth-order valence-corrected chi connectivity index (χ4v) is 2.60. The number of nitrogens with zero attached hydrogens (tertiary/aromatic N) is 3. The molecule has 126 valence electrons. The van der Waals surface area contributed by atoms with Crippen molar-refractivity contribution in [1.29, 1.82) is 0 Å². The Morgan fingerprint density at radius 2 is 2.12 bits per heavy atom. The summed E-state index contributed by atoms with van der Waals surface area (Å²) in [6.07, 6.45) is 4.07. The molecule has 0 fully saturated rings. The molecule has 0 spiro atoms. The number of anilines is 1. The predicted molar refractivity (Wildman–Crippen MR) is 87.0 cm³/mol. The van der Waals surface area contributed by atoms with Crippen molar-refractivity contribution in [3.05, 3.63) is 35.5 Å². The molecule has 0 atom stereocenters. The Balaban J connectivity index is 1.93. The van der Waals surface area contributed by atoms with Crippen LogP contribution in [0.1, 0.15) is 0 Å². The molecule has 3 aromatic rings. The smallest absolute Gasteiger partial charge is 0.266 e. The number of hydrogen-bond donors (Lipinski definition) is 3. The van der Waals surface area contributed by atoms with Crippen molar-refractivity contribution < 1.29 is 17.4 Å². The van der Waals surface area contributed by atoms with Crippen LogP contribution in [0.4, 0.5) is 10.2 Å². The van der Waals surface area contributed by atoms with Crippen LogP contribution in [-0.4, -0.2) is 45.2 Å². The number of aromatic amines is 1. The summed E-state index contributed by atoms with van der Waals surface area (Å²) in [5.74, 6) is -1.28. The van der Waals surface area contributed by atoms with Crippen LogP contribution in [0.15, 0.2) is 24.7 Å². The maximum absolute atomic E-state index is 13.8. The van der Waals surface area contributed by atoms with Gasteiger partial charge in [-0.15, -0.1) is 0 Å². The van der Waals surface area contributed by atoms with E-state index in [0.29, 0.717) is 21.6 Å². The fraction of sp³-hybridized carbons (Fsp3) is 0.154. The summed E-state index contributed by atoms with van der Waals surface area (Å²) < 4.78 is 43.9. The second kappa shape index (κ2) is 6.30. The number of nitrogens with one attached hydrogen (secondary N) is 2. The minimum absolute atomic E-state index is 0.173. The Hall–Kier alpha value is -2.30. The lowest BCUT2D eigenvalue weighted by Gasteiger charge is -2.07. The quantitative estimate of drug-likeness (QED) is 0.587. The van der Waals surface area contributed by atoms with Gasteiger partial charge in [-0.25, -0.2) is 19.3 Å². The molecule has 3 N–H and O–H groups in total. The van der Waals surface area contributed by atoms with Crippen molar-refractivity contribution in [3.8, 4) is 11.4 Å². The van der Waals surface area contributed by atoms with E-state index in [0.717, 1.165) is 6.20 Å². The lowest BCUT2D eigenvalue weighted by atomic mass is 10.2. The molecule has 0 bridgehead atoms. The molecule has 8 nitrogen and oxygen atoms in total. The highest BCUT2D eigenvalue weighted by molar-refractivity contribution is 7.85. The zero-order valence-corrected chi connectivity index (χ0v) is 13.6. The average Bonchev–Trinajstić information content (AvgIpc) is 2.91. The van der Waals surface area contributed by atoms with E-state index in [2.05, 4.69) is 25.3 Å². The first-order valence-electron chi connectivity index (χ1n) is 6.68. The molecule has 0 aliphatic heterocycles. The predicted octanol–water partition coefficient (Wildman–Crippen LogP) is 2.11. The maximum Gasteiger partial charge on any atom is 0.266 e. The highest BCUT2D eigenvalue weighted by atomic mass is 35.5. The summed E-state index contributed by atoms with van der Waals surface area (Å²) in [6, 6.07) is 1.67. The van der Waals surface area contributed by atoms with Crippen LogP contribution in [-0.2, 0) is 10.1 Å². The zero-order valence-electron chi connectivity index (χ0n) is 12.0. The van der Waals surface area contributed by atoms with Gasteiger partial charge in [0, 0.05) is 29.9 Å². The van der Waals surface area contributed by atoms with Gasteiger partial charge in [-0.05, 0) is 6.07 Å². The summed E-state index contributed by atoms with van der Waals surface area (Å²) in [5.41, 5.74) is 1.14. The summed E-state index contributed by atoms with van der Waals surface area (Å²) in [5, 5.41) is 3.61. The minimum Gasteiger partial charge on any atom is -0.366 e. The van der Waals surface area contributed by atoms with E-state index in [1.165, 1.54) is 6.20 Å². The molecule has 0 unspecified atom stereocenters. The van der Waals surface area contributed by atoms with Crippen molar-refractivity contribution in [1.82, 2.24) is 19.9 Å². The van der Waals surface area contributed by atoms with Crippen LogP contribution < -0.4 is 5.32 Å². The van der Waals surface area contributed by atoms with Crippen LogP contribution in [0.5, 0.6) is 0 Å². The van der Waals surface area contributed by atoms with Gasteiger partial charge in [-0.2, -0.15) is 8.42 Å². The van der Waals surface area contributed by atoms with E-state index >= 15 is 0 Å². The molecule has 0 radical (unpaired) electrons. The first-order valence-corrected chi connectivity index (χ1v) is 8.67. The monoisotopic (exact) mass is 371 g/mol. The van der Waals surface area contributed by atoms with Gasteiger partial charge in [0.05, 0.1) is 17.0 Å². The largest absolute Gasteiger partial charge is 0.366 e. The first kappa shape index (κ1) is 16.6. The Bertz CT molecular complexity index is 1010. The normalized spacial score (nSPS) is 11.8. The number of halogens is 2. The molecule has 3 aromatic heterocycles. The molecule has 0 amide bonds. The number of H-pyrrole nitrogens is 1. The third kappa shape index (κ3) is 3.61. The molecule has 0 saturated carbocycles. The van der Waals surface area contributed by atoms with Crippen LogP contribution >= 0.6 is 11.6 Å². The van der Waals surface area contributed by atoms with Gasteiger partial charge in [0.15, 0.2) is 17.5 Å². The Morgan fingerprint density at radius 1 is 1.33 bits per heavy atom. The molecule has 11 heteroatoms. The van der Waals surface area contributed by atoms with Gasteiger partial charge in [0.1, 0.15) is 5.65 Å². The second-order valence-electron chi connectivity index (χ2n) is 4.86. The van der Waals surface area contributed by atoms with Gasteiger partial charge in [0.2, 0.25) is 0 Å². The molecule has 3 heterocycles. The standard InChI is InChI=1S/C13H11ClFN5O3S/c14-7-3-8-9(5-18-11(8)17-4-7)12-19-6-10(15)13(20-12)16-1-2-24(21,22)23/h3-6H,1-2H2,(H,17,18)(H,16,19,20)(H,21,22,23). The number of rotatable bonds is 5. The second-order valence-corrected chi connectivity index (χ2v) is 6.86. The van der Waals surface area contributed by atoms with Gasteiger partial charge >= 0.3 is 0 Å². The van der Waals surface area contributed by atoms with Gasteiger partial charge in [-0.1, -0.05) is 11.6 Å². The first-order chi connectivity index (χ1) is 11.3. The maximum atomic E-state index is 13.8. The van der Waals surface area contributed by atoms with Crippen LogP contribution in [0.25, 0.3) is 22.4 Å². The Labute approximate surface area is 140 Å². The molecule has 0 aliphatic rings. The molecule has 24 heavy (non-hydrogen) atoms.